The van der Waals surface area contributed by atoms with Crippen molar-refractivity contribution in [3.8, 4) is 0 Å². The lowest BCUT2D eigenvalue weighted by molar-refractivity contribution is 0.0969. The zero-order chi connectivity index (χ0) is 32.9. The van der Waals surface area contributed by atoms with Crippen molar-refractivity contribution in [3.05, 3.63) is 47.6 Å². The van der Waals surface area contributed by atoms with E-state index in [-0.39, 0.29) is 28.4 Å². The molecule has 0 heterocycles. The second-order valence-electron chi connectivity index (χ2n) is 18.4. The fourth-order valence-corrected chi connectivity index (χ4v) is 10.6. The third-order valence-electron chi connectivity index (χ3n) is 13.1. The number of aliphatic hydroxyl groups is 1. The van der Waals surface area contributed by atoms with E-state index in [1.165, 1.54) is 56.1 Å². The van der Waals surface area contributed by atoms with E-state index in [0.717, 1.165) is 12.8 Å². The molecule has 4 aliphatic carbocycles. The van der Waals surface area contributed by atoms with Crippen molar-refractivity contribution < 1.29 is 14.0 Å². The lowest BCUT2D eigenvalue weighted by atomic mass is 9.61. The van der Waals surface area contributed by atoms with Gasteiger partial charge in [0.05, 0.1) is 18.3 Å². The molecule has 1 N–H and O–H groups in total. The minimum Gasteiger partial charge on any atom is -0.413 e. The third-order valence-corrected chi connectivity index (χ3v) is 22.1. The Morgan fingerprint density at radius 2 is 1.52 bits per heavy atom. The fourth-order valence-electron chi connectivity index (χ4n) is 7.93. The lowest BCUT2D eigenvalue weighted by Crippen LogP contribution is -2.49. The first-order valence-corrected chi connectivity index (χ1v) is 23.8. The molecule has 7 atom stereocenters. The molecule has 0 unspecified atom stereocenters. The van der Waals surface area contributed by atoms with Gasteiger partial charge in [-0.2, -0.15) is 0 Å². The fraction of sp³-hybridized carbons (Fsp3) is 0.795. The predicted molar refractivity (Wildman–Crippen MR) is 194 cm³/mol. The van der Waals surface area contributed by atoms with Crippen LogP contribution >= 0.6 is 0 Å². The van der Waals surface area contributed by atoms with Gasteiger partial charge in [0.15, 0.2) is 16.6 Å². The average Bonchev–Trinajstić information content (AvgIpc) is 3.68. The van der Waals surface area contributed by atoms with Crippen LogP contribution in [0.25, 0.3) is 0 Å². The van der Waals surface area contributed by atoms with E-state index in [9.17, 15) is 5.11 Å². The number of allylic oxidation sites excluding steroid dienone is 4. The molecule has 44 heavy (non-hydrogen) atoms. The number of hydrogen-bond donors (Lipinski definition) is 1. The summed E-state index contributed by atoms with van der Waals surface area (Å²) in [5.74, 6) is 2.35. The summed E-state index contributed by atoms with van der Waals surface area (Å²) in [6.07, 6.45) is 19.9. The van der Waals surface area contributed by atoms with Gasteiger partial charge in [-0.1, -0.05) is 91.8 Å². The second kappa shape index (κ2) is 13.1. The van der Waals surface area contributed by atoms with E-state index in [1.807, 2.05) is 0 Å². The van der Waals surface area contributed by atoms with Crippen LogP contribution in [0.5, 0.6) is 0 Å². The molecule has 0 bridgehead atoms. The van der Waals surface area contributed by atoms with Crippen LogP contribution in [0.1, 0.15) is 113 Å². The third kappa shape index (κ3) is 7.86. The van der Waals surface area contributed by atoms with Crippen molar-refractivity contribution in [2.45, 2.75) is 168 Å². The Morgan fingerprint density at radius 3 is 2.11 bits per heavy atom. The Labute approximate surface area is 274 Å². The molecular weight excluding hydrogens is 573 g/mol. The van der Waals surface area contributed by atoms with Crippen molar-refractivity contribution >= 4 is 16.6 Å². The number of hydrogen-bond acceptors (Lipinski definition) is 3. The maximum Gasteiger partial charge on any atom is 0.192 e. The van der Waals surface area contributed by atoms with Crippen LogP contribution < -0.4 is 0 Å². The molecule has 4 rings (SSSR count). The van der Waals surface area contributed by atoms with Crippen LogP contribution in [0, 0.1) is 29.1 Å². The zero-order valence-electron chi connectivity index (χ0n) is 30.7. The molecule has 0 amide bonds. The van der Waals surface area contributed by atoms with Crippen LogP contribution in [-0.4, -0.2) is 40.1 Å². The highest BCUT2D eigenvalue weighted by Crippen LogP contribution is 2.59. The quantitative estimate of drug-likeness (QED) is 0.201. The summed E-state index contributed by atoms with van der Waals surface area (Å²) >= 11 is 0. The van der Waals surface area contributed by atoms with Crippen LogP contribution in [0.4, 0.5) is 0 Å². The minimum absolute atomic E-state index is 0.0233. The van der Waals surface area contributed by atoms with Gasteiger partial charge in [0.25, 0.3) is 0 Å². The van der Waals surface area contributed by atoms with E-state index in [1.54, 1.807) is 5.57 Å². The smallest absolute Gasteiger partial charge is 0.192 e. The Balaban J connectivity index is 1.57. The van der Waals surface area contributed by atoms with Crippen LogP contribution in [-0.2, 0) is 8.85 Å². The van der Waals surface area contributed by atoms with E-state index >= 15 is 0 Å². The standard InChI is InChI=1S/C39H68O3Si2/c1-27(16-23-35(40)30-18-19-30)33-21-22-34-29(15-14-24-39(33,34)9)17-20-31-25-32(41-43(10,11)37(3,4)5)26-36(28(31)2)42-44(12,13)38(6,7)8/h16-17,20,23,27,30,32-36,40H,2,14-15,18-19,21-22,24-26H2,1,3-13H3/b23-16?,29-17+,31-20-/t27-,32-,33-,34+,35-,36+,39-/m1/s1. The van der Waals surface area contributed by atoms with Crippen molar-refractivity contribution in [2.24, 2.45) is 29.1 Å². The lowest BCUT2D eigenvalue weighted by Gasteiger charge is -2.45. The summed E-state index contributed by atoms with van der Waals surface area (Å²) in [5.41, 5.74) is 4.49. The molecule has 5 heteroatoms. The van der Waals surface area contributed by atoms with Crippen molar-refractivity contribution in [2.75, 3.05) is 0 Å². The monoisotopic (exact) mass is 640 g/mol. The topological polar surface area (TPSA) is 38.7 Å². The summed E-state index contributed by atoms with van der Waals surface area (Å²) in [7, 11) is -3.90. The SMILES string of the molecule is C=C1/C(=C\C=C2/CCC[C@]3(C)[C@@H]([C@H](C)C=C[C@@H](O)C4CC4)CC[C@@H]23)C[C@@H](O[Si](C)(C)C(C)(C)C)C[C@@H]1O[Si](C)(C)C(C)(C)C. The van der Waals surface area contributed by atoms with Gasteiger partial charge >= 0.3 is 0 Å². The van der Waals surface area contributed by atoms with Gasteiger partial charge in [-0.3, -0.25) is 0 Å². The predicted octanol–water partition coefficient (Wildman–Crippen LogP) is 11.1. The molecule has 0 aliphatic heterocycles. The summed E-state index contributed by atoms with van der Waals surface area (Å²) in [5, 5.41) is 10.8. The summed E-state index contributed by atoms with van der Waals surface area (Å²) in [6.45, 7) is 33.2. The molecule has 0 radical (unpaired) electrons. The Kier molecular flexibility index (Phi) is 10.7. The van der Waals surface area contributed by atoms with Gasteiger partial charge in [0, 0.05) is 6.42 Å². The maximum atomic E-state index is 10.5. The van der Waals surface area contributed by atoms with E-state index in [0.29, 0.717) is 29.1 Å². The van der Waals surface area contributed by atoms with Gasteiger partial charge < -0.3 is 14.0 Å². The molecule has 0 spiro atoms. The van der Waals surface area contributed by atoms with Crippen LogP contribution in [0.3, 0.4) is 0 Å². The molecule has 3 nitrogen and oxygen atoms in total. The first-order chi connectivity index (χ1) is 20.2. The van der Waals surface area contributed by atoms with E-state index in [2.05, 4.69) is 112 Å². The Hall–Kier alpha value is -0.726. The van der Waals surface area contributed by atoms with Crippen molar-refractivity contribution in [1.82, 2.24) is 0 Å². The summed E-state index contributed by atoms with van der Waals surface area (Å²) in [4.78, 5) is 0. The van der Waals surface area contributed by atoms with Crippen LogP contribution in [0.15, 0.2) is 47.6 Å². The molecule has 4 fully saturated rings. The second-order valence-corrected chi connectivity index (χ2v) is 27.9. The summed E-state index contributed by atoms with van der Waals surface area (Å²) < 4.78 is 14.2. The largest absolute Gasteiger partial charge is 0.413 e. The first kappa shape index (κ1) is 36.1. The van der Waals surface area contributed by atoms with Crippen molar-refractivity contribution in [3.63, 3.8) is 0 Å². The Morgan fingerprint density at radius 1 is 0.909 bits per heavy atom. The van der Waals surface area contributed by atoms with Gasteiger partial charge in [0.1, 0.15) is 0 Å². The molecule has 0 aromatic heterocycles. The van der Waals surface area contributed by atoms with Crippen LogP contribution in [0.2, 0.25) is 36.3 Å². The van der Waals surface area contributed by atoms with Gasteiger partial charge in [-0.05, 0) is 128 Å². The minimum atomic E-state index is -1.98. The number of fused-ring (bicyclic) bond motifs is 1. The number of rotatable bonds is 9. The van der Waals surface area contributed by atoms with E-state index < -0.39 is 16.6 Å². The average molecular weight is 641 g/mol. The molecule has 0 aromatic rings. The first-order valence-electron chi connectivity index (χ1n) is 18.0. The van der Waals surface area contributed by atoms with Gasteiger partial charge in [0.2, 0.25) is 0 Å². The maximum absolute atomic E-state index is 10.5. The van der Waals surface area contributed by atoms with E-state index in [4.69, 9.17) is 8.85 Å². The normalized spacial score (nSPS) is 34.2. The summed E-state index contributed by atoms with van der Waals surface area (Å²) in [6, 6.07) is 0. The number of aliphatic hydroxyl groups excluding tert-OH is 1. The molecule has 250 valence electrons. The zero-order valence-corrected chi connectivity index (χ0v) is 32.7. The molecule has 0 aromatic carbocycles. The molecule has 4 saturated carbocycles. The Bertz CT molecular complexity index is 1130. The van der Waals surface area contributed by atoms with Gasteiger partial charge in [-0.15, -0.1) is 0 Å². The highest BCUT2D eigenvalue weighted by atomic mass is 28.4. The molecular formula is C39H68O3Si2. The highest BCUT2D eigenvalue weighted by molar-refractivity contribution is 6.74. The highest BCUT2D eigenvalue weighted by Gasteiger charge is 2.50. The molecule has 4 aliphatic rings. The molecule has 0 saturated heterocycles. The van der Waals surface area contributed by atoms with Gasteiger partial charge in [-0.25, -0.2) is 0 Å². The van der Waals surface area contributed by atoms with Crippen molar-refractivity contribution in [1.29, 1.82) is 0 Å².